The monoisotopic (exact) mass is 503 g/mol. The van der Waals surface area contributed by atoms with Crippen molar-refractivity contribution in [2.45, 2.75) is 32.2 Å². The minimum absolute atomic E-state index is 0.171. The van der Waals surface area contributed by atoms with Crippen LogP contribution in [0, 0.1) is 0 Å². The van der Waals surface area contributed by atoms with Gasteiger partial charge >= 0.3 is 0 Å². The third-order valence-corrected chi connectivity index (χ3v) is 5.59. The van der Waals surface area contributed by atoms with Gasteiger partial charge in [0.2, 0.25) is 11.8 Å². The third kappa shape index (κ3) is 9.00. The number of ether oxygens (including phenoxy) is 2. The van der Waals surface area contributed by atoms with Crippen LogP contribution in [-0.2, 0) is 16.0 Å². The van der Waals surface area contributed by atoms with Crippen molar-refractivity contribution in [2.24, 2.45) is 0 Å². The Morgan fingerprint density at radius 2 is 1.54 bits per heavy atom. The zero-order valence-corrected chi connectivity index (χ0v) is 21.2. The van der Waals surface area contributed by atoms with E-state index in [4.69, 9.17) is 9.47 Å². The SMILES string of the molecule is CCOc1ccc(NC(=O)C(Cc2ccccc2)NC(=O)CCCNC(=O)c2ccc(OC)cc2)cc1. The summed E-state index contributed by atoms with van der Waals surface area (Å²) >= 11 is 0. The van der Waals surface area contributed by atoms with Crippen LogP contribution in [0.25, 0.3) is 0 Å². The lowest BCUT2D eigenvalue weighted by molar-refractivity contribution is -0.126. The predicted molar refractivity (Wildman–Crippen MR) is 143 cm³/mol. The molecule has 0 aliphatic heterocycles. The van der Waals surface area contributed by atoms with Crippen molar-refractivity contribution < 1.29 is 23.9 Å². The Kier molecular flexibility index (Phi) is 10.5. The minimum Gasteiger partial charge on any atom is -0.497 e. The van der Waals surface area contributed by atoms with Gasteiger partial charge in [-0.2, -0.15) is 0 Å². The molecule has 3 rings (SSSR count). The van der Waals surface area contributed by atoms with Crippen LogP contribution >= 0.6 is 0 Å². The van der Waals surface area contributed by atoms with Gasteiger partial charge in [-0.1, -0.05) is 30.3 Å². The van der Waals surface area contributed by atoms with Crippen molar-refractivity contribution in [3.05, 3.63) is 90.0 Å². The lowest BCUT2D eigenvalue weighted by Gasteiger charge is -2.19. The second-order valence-corrected chi connectivity index (χ2v) is 8.34. The number of benzene rings is 3. The quantitative estimate of drug-likeness (QED) is 0.306. The normalized spacial score (nSPS) is 11.2. The molecular formula is C29H33N3O5. The summed E-state index contributed by atoms with van der Waals surface area (Å²) in [5.74, 6) is 0.592. The highest BCUT2D eigenvalue weighted by molar-refractivity contribution is 5.97. The molecule has 0 spiro atoms. The summed E-state index contributed by atoms with van der Waals surface area (Å²) in [5, 5.41) is 8.52. The zero-order chi connectivity index (χ0) is 26.5. The fourth-order valence-corrected chi connectivity index (χ4v) is 3.65. The maximum atomic E-state index is 13.1. The molecule has 0 saturated heterocycles. The number of rotatable bonds is 13. The van der Waals surface area contributed by atoms with E-state index in [2.05, 4.69) is 16.0 Å². The van der Waals surface area contributed by atoms with Crippen LogP contribution in [0.5, 0.6) is 11.5 Å². The topological polar surface area (TPSA) is 106 Å². The van der Waals surface area contributed by atoms with Crippen LogP contribution in [0.4, 0.5) is 5.69 Å². The standard InChI is InChI=1S/C29H33N3O5/c1-3-37-25-17-13-23(14-18-25)31-29(35)26(20-21-8-5-4-6-9-21)32-27(33)10-7-19-30-28(34)22-11-15-24(36-2)16-12-22/h4-6,8-9,11-18,26H,3,7,10,19-20H2,1-2H3,(H,30,34)(H,31,35)(H,32,33). The van der Waals surface area contributed by atoms with Gasteiger partial charge in [0, 0.05) is 30.6 Å². The molecule has 3 aromatic carbocycles. The fourth-order valence-electron chi connectivity index (χ4n) is 3.65. The van der Waals surface area contributed by atoms with Crippen molar-refractivity contribution in [1.82, 2.24) is 10.6 Å². The van der Waals surface area contributed by atoms with Crippen LogP contribution in [0.15, 0.2) is 78.9 Å². The molecule has 3 aromatic rings. The Hall–Kier alpha value is -4.33. The number of anilines is 1. The van der Waals surface area contributed by atoms with Crippen molar-refractivity contribution in [1.29, 1.82) is 0 Å². The molecule has 0 heterocycles. The van der Waals surface area contributed by atoms with E-state index in [1.807, 2.05) is 37.3 Å². The highest BCUT2D eigenvalue weighted by Gasteiger charge is 2.21. The van der Waals surface area contributed by atoms with Gasteiger partial charge in [-0.25, -0.2) is 0 Å². The number of hydrogen-bond acceptors (Lipinski definition) is 5. The molecule has 1 atom stereocenters. The second-order valence-electron chi connectivity index (χ2n) is 8.34. The summed E-state index contributed by atoms with van der Waals surface area (Å²) in [6, 6.07) is 22.6. The molecule has 194 valence electrons. The number of carbonyl (C=O) groups excluding carboxylic acids is 3. The lowest BCUT2D eigenvalue weighted by atomic mass is 10.0. The van der Waals surface area contributed by atoms with E-state index in [0.717, 1.165) is 5.56 Å². The van der Waals surface area contributed by atoms with Crippen LogP contribution in [-0.4, -0.2) is 44.0 Å². The van der Waals surface area contributed by atoms with Gasteiger partial charge in [-0.05, 0) is 67.4 Å². The van der Waals surface area contributed by atoms with Gasteiger partial charge in [0.25, 0.3) is 5.91 Å². The van der Waals surface area contributed by atoms with Gasteiger partial charge in [-0.3, -0.25) is 14.4 Å². The highest BCUT2D eigenvalue weighted by atomic mass is 16.5. The first kappa shape index (κ1) is 27.3. The number of hydrogen-bond donors (Lipinski definition) is 3. The number of methoxy groups -OCH3 is 1. The zero-order valence-electron chi connectivity index (χ0n) is 21.2. The summed E-state index contributed by atoms with van der Waals surface area (Å²) in [4.78, 5) is 38.0. The smallest absolute Gasteiger partial charge is 0.251 e. The molecule has 3 amide bonds. The molecular weight excluding hydrogens is 470 g/mol. The van der Waals surface area contributed by atoms with Gasteiger partial charge in [0.15, 0.2) is 0 Å². The maximum Gasteiger partial charge on any atom is 0.251 e. The van der Waals surface area contributed by atoms with E-state index in [1.54, 1.807) is 55.6 Å². The fraction of sp³-hybridized carbons (Fsp3) is 0.276. The van der Waals surface area contributed by atoms with Gasteiger partial charge in [0.1, 0.15) is 17.5 Å². The molecule has 0 radical (unpaired) electrons. The Balaban J connectivity index is 1.52. The van der Waals surface area contributed by atoms with Crippen LogP contribution < -0.4 is 25.4 Å². The first-order valence-electron chi connectivity index (χ1n) is 12.3. The van der Waals surface area contributed by atoms with Crippen LogP contribution in [0.1, 0.15) is 35.7 Å². The molecule has 0 fully saturated rings. The number of amides is 3. The third-order valence-electron chi connectivity index (χ3n) is 5.59. The van der Waals surface area contributed by atoms with Gasteiger partial charge in [-0.15, -0.1) is 0 Å². The van der Waals surface area contributed by atoms with Crippen LogP contribution in [0.3, 0.4) is 0 Å². The van der Waals surface area contributed by atoms with Gasteiger partial charge in [0.05, 0.1) is 13.7 Å². The average Bonchev–Trinajstić information content (AvgIpc) is 2.92. The second kappa shape index (κ2) is 14.3. The van der Waals surface area contributed by atoms with E-state index >= 15 is 0 Å². The Morgan fingerprint density at radius 1 is 0.865 bits per heavy atom. The summed E-state index contributed by atoms with van der Waals surface area (Å²) in [6.45, 7) is 2.80. The van der Waals surface area contributed by atoms with Gasteiger partial charge < -0.3 is 25.4 Å². The Morgan fingerprint density at radius 3 is 2.19 bits per heavy atom. The molecule has 8 nitrogen and oxygen atoms in total. The molecule has 0 aliphatic rings. The van der Waals surface area contributed by atoms with Crippen molar-refractivity contribution in [2.75, 3.05) is 25.6 Å². The maximum absolute atomic E-state index is 13.1. The minimum atomic E-state index is -0.754. The van der Waals surface area contributed by atoms with E-state index in [-0.39, 0.29) is 24.1 Å². The Bertz CT molecular complexity index is 1150. The molecule has 37 heavy (non-hydrogen) atoms. The molecule has 1 unspecified atom stereocenters. The van der Waals surface area contributed by atoms with E-state index in [1.165, 1.54) is 0 Å². The molecule has 3 N–H and O–H groups in total. The molecule has 0 saturated carbocycles. The Labute approximate surface area is 217 Å². The van der Waals surface area contributed by atoms with E-state index in [0.29, 0.717) is 48.7 Å². The molecule has 0 aromatic heterocycles. The summed E-state index contributed by atoms with van der Waals surface area (Å²) < 4.78 is 10.5. The van der Waals surface area contributed by atoms with Crippen molar-refractivity contribution in [3.63, 3.8) is 0 Å². The van der Waals surface area contributed by atoms with Crippen molar-refractivity contribution in [3.8, 4) is 11.5 Å². The first-order chi connectivity index (χ1) is 18.0. The predicted octanol–water partition coefficient (Wildman–Crippen LogP) is 3.97. The van der Waals surface area contributed by atoms with Crippen LogP contribution in [0.2, 0.25) is 0 Å². The first-order valence-corrected chi connectivity index (χ1v) is 12.3. The molecule has 0 bridgehead atoms. The summed E-state index contributed by atoms with van der Waals surface area (Å²) in [5.41, 5.74) is 2.06. The van der Waals surface area contributed by atoms with E-state index in [9.17, 15) is 14.4 Å². The van der Waals surface area contributed by atoms with Crippen molar-refractivity contribution >= 4 is 23.4 Å². The lowest BCUT2D eigenvalue weighted by Crippen LogP contribution is -2.45. The molecule has 8 heteroatoms. The summed E-state index contributed by atoms with van der Waals surface area (Å²) in [7, 11) is 1.56. The number of nitrogens with one attached hydrogen (secondary N) is 3. The molecule has 0 aliphatic carbocycles. The summed E-state index contributed by atoms with van der Waals surface area (Å²) in [6.07, 6.45) is 0.959. The largest absolute Gasteiger partial charge is 0.497 e. The highest BCUT2D eigenvalue weighted by Crippen LogP contribution is 2.16. The van der Waals surface area contributed by atoms with E-state index < -0.39 is 6.04 Å². The average molecular weight is 504 g/mol. The number of carbonyl (C=O) groups is 3.